The summed E-state index contributed by atoms with van der Waals surface area (Å²) in [5.74, 6) is 6.23. The van der Waals surface area contributed by atoms with Crippen LogP contribution in [0.4, 0.5) is 0 Å². The summed E-state index contributed by atoms with van der Waals surface area (Å²) in [4.78, 5) is 0. The minimum atomic E-state index is 0. The van der Waals surface area contributed by atoms with E-state index in [0.717, 1.165) is 29.6 Å². The molecule has 0 aromatic heterocycles. The molecule has 0 amide bonds. The summed E-state index contributed by atoms with van der Waals surface area (Å²) >= 11 is 0. The molecule has 6 fully saturated rings. The van der Waals surface area contributed by atoms with Gasteiger partial charge in [0.05, 0.1) is 0 Å². The zero-order valence-electron chi connectivity index (χ0n) is 30.9. The fourth-order valence-electron chi connectivity index (χ4n) is 14.5. The van der Waals surface area contributed by atoms with E-state index in [0.29, 0.717) is 11.8 Å². The minimum absolute atomic E-state index is 0. The van der Waals surface area contributed by atoms with Crippen molar-refractivity contribution in [3.05, 3.63) is 103 Å². The van der Waals surface area contributed by atoms with Gasteiger partial charge in [0.2, 0.25) is 0 Å². The minimum Gasteiger partial charge on any atom is -1.00 e. The van der Waals surface area contributed by atoms with E-state index in [2.05, 4.69) is 154 Å². The van der Waals surface area contributed by atoms with E-state index in [4.69, 9.17) is 0 Å². The Morgan fingerprint density at radius 1 is 0.688 bits per heavy atom. The molecule has 0 radical (unpaired) electrons. The van der Waals surface area contributed by atoms with Gasteiger partial charge in [-0.05, 0) is 84.4 Å². The van der Waals surface area contributed by atoms with E-state index in [-0.39, 0.29) is 88.9 Å². The molecule has 6 saturated carbocycles. The molecule has 0 aromatic rings. The van der Waals surface area contributed by atoms with Crippen molar-refractivity contribution >= 4 is 0 Å². The number of hydrogen-bond acceptors (Lipinski definition) is 0. The predicted octanol–water partition coefficient (Wildman–Crippen LogP) is 5.65. The largest absolute Gasteiger partial charge is 4.00 e. The third-order valence-corrected chi connectivity index (χ3v) is 17.6. The summed E-state index contributed by atoms with van der Waals surface area (Å²) in [5.41, 5.74) is 3.39. The molecular formula is C45H58Cl2Zr. The Balaban J connectivity index is 0.000000202. The Morgan fingerprint density at radius 3 is 1.71 bits per heavy atom. The van der Waals surface area contributed by atoms with E-state index in [9.17, 15) is 0 Å². The molecule has 3 heteroatoms. The Hall–Kier alpha value is -0.617. The van der Waals surface area contributed by atoms with Crippen molar-refractivity contribution in [3.63, 3.8) is 0 Å². The van der Waals surface area contributed by atoms with Crippen LogP contribution < -0.4 is 24.8 Å². The standard InChI is InChI=1S/C29H37.C16H21.2ClH.Zr/c1-21-14-13-15-22-20-27(6)25(4)18-10-9-16-23(25,2)24(3)17-11-12-19-26(24,5)29(27,8)28(21,22)7;1-10-2-3-13(4-10)16-14-6-11-5-12(8-14)9-15(16)7-11;;;/h9-20,22H,1-8H3;3-4,10-12,14-16H,5-9H2,1H3;2*1H;/q2*-1;;;+4/p-2. The Bertz CT molecular complexity index is 1530. The average Bonchev–Trinajstić information content (AvgIpc) is 3.50. The maximum absolute atomic E-state index is 3.46. The molecule has 0 saturated heterocycles. The first-order valence-corrected chi connectivity index (χ1v) is 18.5. The van der Waals surface area contributed by atoms with Gasteiger partial charge < -0.3 is 31.2 Å². The molecule has 256 valence electrons. The Labute approximate surface area is 325 Å². The van der Waals surface area contributed by atoms with Gasteiger partial charge in [0.15, 0.2) is 0 Å². The average molecular weight is 761 g/mol. The molecule has 0 spiro atoms. The van der Waals surface area contributed by atoms with Crippen LogP contribution in [0, 0.1) is 91.8 Å². The summed E-state index contributed by atoms with van der Waals surface area (Å²) in [6.45, 7) is 22.6. The first kappa shape index (κ1) is 38.6. The van der Waals surface area contributed by atoms with Crippen molar-refractivity contribution in [3.8, 4) is 0 Å². The van der Waals surface area contributed by atoms with Gasteiger partial charge >= 0.3 is 26.2 Å². The second kappa shape index (κ2) is 12.2. The van der Waals surface area contributed by atoms with Gasteiger partial charge in [-0.3, -0.25) is 6.08 Å². The van der Waals surface area contributed by atoms with Crippen LogP contribution in [-0.4, -0.2) is 0 Å². The molecule has 10 aliphatic carbocycles. The van der Waals surface area contributed by atoms with Gasteiger partial charge in [0.1, 0.15) is 0 Å². The van der Waals surface area contributed by atoms with Crippen LogP contribution in [-0.2, 0) is 26.2 Å². The fraction of sp³-hybridized carbons (Fsp3) is 0.622. The van der Waals surface area contributed by atoms with Crippen molar-refractivity contribution in [2.24, 2.45) is 79.3 Å². The van der Waals surface area contributed by atoms with E-state index in [1.54, 1.807) is 12.0 Å². The van der Waals surface area contributed by atoms with Crippen LogP contribution in [0.15, 0.2) is 90.1 Å². The number of hydrogen-bond donors (Lipinski definition) is 0. The van der Waals surface area contributed by atoms with Crippen molar-refractivity contribution < 1.29 is 51.0 Å². The molecule has 10 aliphatic rings. The van der Waals surface area contributed by atoms with Crippen LogP contribution in [0.5, 0.6) is 0 Å². The molecule has 48 heavy (non-hydrogen) atoms. The van der Waals surface area contributed by atoms with Crippen LogP contribution in [0.2, 0.25) is 0 Å². The van der Waals surface area contributed by atoms with Crippen molar-refractivity contribution in [1.82, 2.24) is 0 Å². The second-order valence-corrected chi connectivity index (χ2v) is 18.4. The topological polar surface area (TPSA) is 0 Å². The van der Waals surface area contributed by atoms with Gasteiger partial charge in [-0.15, -0.1) is 17.4 Å². The van der Waals surface area contributed by atoms with E-state index >= 15 is 0 Å². The maximum atomic E-state index is 3.46. The fourth-order valence-corrected chi connectivity index (χ4v) is 14.5. The van der Waals surface area contributed by atoms with Crippen LogP contribution in [0.25, 0.3) is 0 Å². The molecule has 0 N–H and O–H groups in total. The van der Waals surface area contributed by atoms with Crippen LogP contribution in [0.1, 0.15) is 94.4 Å². The summed E-state index contributed by atoms with van der Waals surface area (Å²) in [6, 6.07) is 0. The van der Waals surface area contributed by atoms with E-state index in [1.807, 2.05) is 0 Å². The summed E-state index contributed by atoms with van der Waals surface area (Å²) in [6.07, 6.45) is 45.2. The van der Waals surface area contributed by atoms with Crippen molar-refractivity contribution in [2.45, 2.75) is 94.4 Å². The molecule has 0 aliphatic heterocycles. The predicted molar refractivity (Wildman–Crippen MR) is 190 cm³/mol. The van der Waals surface area contributed by atoms with E-state index in [1.165, 1.54) is 31.3 Å². The normalized spacial score (nSPS) is 53.5. The van der Waals surface area contributed by atoms with Crippen molar-refractivity contribution in [2.75, 3.05) is 0 Å². The van der Waals surface area contributed by atoms with Gasteiger partial charge in [-0.2, -0.15) is 11.6 Å². The summed E-state index contributed by atoms with van der Waals surface area (Å²) < 4.78 is 0. The van der Waals surface area contributed by atoms with Gasteiger partial charge in [0.25, 0.3) is 0 Å². The Morgan fingerprint density at radius 2 is 1.19 bits per heavy atom. The monoisotopic (exact) mass is 758 g/mol. The molecule has 9 unspecified atom stereocenters. The SMILES string of the molecule is CC1=CC=CC2[CH-]C3(C)C4(C)C=CC=CC4(C)C4(C)C=CC=CC4(C)C3(C)C12C.CC1[C-]=CC(C2C3CC4CC(C3)CC2C4)=C1.[Cl-].[Cl-].[Zr+4]. The number of halogens is 2. The molecule has 9 atom stereocenters. The molecule has 0 heterocycles. The molecular weight excluding hydrogens is 703 g/mol. The quantitative estimate of drug-likeness (QED) is 0.304. The summed E-state index contributed by atoms with van der Waals surface area (Å²) in [5, 5.41) is 0. The zero-order chi connectivity index (χ0) is 31.8. The van der Waals surface area contributed by atoms with Crippen molar-refractivity contribution in [1.29, 1.82) is 0 Å². The molecule has 10 rings (SSSR count). The zero-order valence-corrected chi connectivity index (χ0v) is 34.9. The molecule has 0 aromatic carbocycles. The van der Waals surface area contributed by atoms with Crippen LogP contribution in [0.3, 0.4) is 0 Å². The smallest absolute Gasteiger partial charge is 1.00 e. The van der Waals surface area contributed by atoms with Gasteiger partial charge in [0, 0.05) is 10.8 Å². The van der Waals surface area contributed by atoms with Crippen LogP contribution >= 0.6 is 0 Å². The maximum Gasteiger partial charge on any atom is 4.00 e. The number of rotatable bonds is 1. The second-order valence-electron chi connectivity index (χ2n) is 18.4. The molecule has 4 bridgehead atoms. The first-order chi connectivity index (χ1) is 21.2. The van der Waals surface area contributed by atoms with E-state index < -0.39 is 0 Å². The molecule has 0 nitrogen and oxygen atoms in total. The number of fused-ring (bicyclic) bond motifs is 8. The summed E-state index contributed by atoms with van der Waals surface area (Å²) in [7, 11) is 0. The third kappa shape index (κ3) is 4.29. The van der Waals surface area contributed by atoms with Gasteiger partial charge in [-0.25, -0.2) is 6.08 Å². The van der Waals surface area contributed by atoms with Gasteiger partial charge in [-0.1, -0.05) is 134 Å². The third-order valence-electron chi connectivity index (χ3n) is 17.6. The Kier molecular flexibility index (Phi) is 9.84. The number of allylic oxidation sites excluding steroid dienone is 16. The first-order valence-electron chi connectivity index (χ1n) is 18.5.